The van der Waals surface area contributed by atoms with E-state index < -0.39 is 6.03 Å². The number of aryl methyl sites for hydroxylation is 1. The van der Waals surface area contributed by atoms with E-state index in [-0.39, 0.29) is 23.1 Å². The molecule has 210 valence electrons. The molecular weight excluding hydrogens is 510 g/mol. The molecule has 1 saturated heterocycles. The Bertz CT molecular complexity index is 1500. The Balaban J connectivity index is 1.29. The van der Waals surface area contributed by atoms with Crippen LogP contribution >= 0.6 is 0 Å². The van der Waals surface area contributed by atoms with Crippen LogP contribution < -0.4 is 26.6 Å². The molecule has 0 bridgehead atoms. The van der Waals surface area contributed by atoms with Gasteiger partial charge >= 0.3 is 6.03 Å². The third-order valence-electron chi connectivity index (χ3n) is 7.27. The van der Waals surface area contributed by atoms with Crippen molar-refractivity contribution in [2.75, 3.05) is 34.4 Å². The van der Waals surface area contributed by atoms with Crippen molar-refractivity contribution in [1.29, 1.82) is 0 Å². The van der Waals surface area contributed by atoms with Crippen molar-refractivity contribution in [3.05, 3.63) is 52.5 Å². The minimum atomic E-state index is -0.481. The first kappa shape index (κ1) is 27.2. The highest BCUT2D eigenvalue weighted by Gasteiger charge is 2.27. The fraction of sp³-hybridized carbons (Fsp3) is 0.379. The highest BCUT2D eigenvalue weighted by molar-refractivity contribution is 6.35. The van der Waals surface area contributed by atoms with Crippen LogP contribution in [0.2, 0.25) is 0 Å². The fourth-order valence-corrected chi connectivity index (χ4v) is 4.94. The Morgan fingerprint density at radius 3 is 2.52 bits per heavy atom. The lowest BCUT2D eigenvalue weighted by Crippen LogP contribution is -2.34. The van der Waals surface area contributed by atoms with Crippen LogP contribution in [0, 0.1) is 19.8 Å². The first-order valence-electron chi connectivity index (χ1n) is 13.4. The summed E-state index contributed by atoms with van der Waals surface area (Å²) in [5.74, 6) is 0.736. The summed E-state index contributed by atoms with van der Waals surface area (Å²) in [4.78, 5) is 41.5. The number of nitrogens with zero attached hydrogens (tertiary/aromatic N) is 1. The maximum absolute atomic E-state index is 12.9. The molecule has 4 amide bonds. The van der Waals surface area contributed by atoms with Gasteiger partial charge in [-0.05, 0) is 63.6 Å². The predicted octanol–water partition coefficient (Wildman–Crippen LogP) is 4.99. The van der Waals surface area contributed by atoms with Gasteiger partial charge in [0, 0.05) is 40.0 Å². The van der Waals surface area contributed by atoms with Gasteiger partial charge in [-0.3, -0.25) is 14.9 Å². The minimum absolute atomic E-state index is 0.00830. The van der Waals surface area contributed by atoms with Crippen LogP contribution in [0.25, 0.3) is 11.6 Å². The van der Waals surface area contributed by atoms with Gasteiger partial charge in [-0.25, -0.2) is 4.79 Å². The molecule has 3 aromatic rings. The van der Waals surface area contributed by atoms with E-state index in [0.717, 1.165) is 48.6 Å². The number of amides is 4. The molecular formula is C29H35N7O4. The summed E-state index contributed by atoms with van der Waals surface area (Å²) in [5, 5.41) is 18.6. The quantitative estimate of drug-likeness (QED) is 0.248. The molecule has 0 saturated carbocycles. The van der Waals surface area contributed by atoms with Crippen LogP contribution in [0.15, 0.2) is 28.8 Å². The molecule has 5 rings (SSSR count). The second kappa shape index (κ2) is 10.6. The van der Waals surface area contributed by atoms with Crippen molar-refractivity contribution in [3.8, 4) is 0 Å². The van der Waals surface area contributed by atoms with E-state index in [0.29, 0.717) is 34.1 Å². The number of hydrogen-bond acceptors (Lipinski definition) is 6. The first-order chi connectivity index (χ1) is 19.0. The maximum atomic E-state index is 12.9. The van der Waals surface area contributed by atoms with E-state index >= 15 is 0 Å². The number of anilines is 4. The van der Waals surface area contributed by atoms with E-state index in [4.69, 9.17) is 4.52 Å². The molecule has 0 aliphatic carbocycles. The zero-order valence-electron chi connectivity index (χ0n) is 23.4. The number of carbonyl (C=O) groups is 3. The van der Waals surface area contributed by atoms with Crippen LogP contribution in [0.5, 0.6) is 0 Å². The van der Waals surface area contributed by atoms with Crippen LogP contribution in [0.3, 0.4) is 0 Å². The van der Waals surface area contributed by atoms with Gasteiger partial charge in [0.25, 0.3) is 5.91 Å². The third-order valence-corrected chi connectivity index (χ3v) is 7.27. The van der Waals surface area contributed by atoms with Gasteiger partial charge in [0.2, 0.25) is 5.91 Å². The van der Waals surface area contributed by atoms with Crippen molar-refractivity contribution < 1.29 is 18.9 Å². The number of rotatable bonds is 5. The smallest absolute Gasteiger partial charge is 0.324 e. The van der Waals surface area contributed by atoms with Crippen LogP contribution in [0.1, 0.15) is 61.9 Å². The summed E-state index contributed by atoms with van der Waals surface area (Å²) in [6.07, 6.45) is 3.43. The number of fused-ring (bicyclic) bond motifs is 1. The van der Waals surface area contributed by atoms with Crippen LogP contribution in [0.4, 0.5) is 27.7 Å². The Hall–Kier alpha value is -4.38. The SMILES string of the molecule is Cc1[nH]c(C=C2C(=O)Nc3cc(NC(=O)Nc4cc(C(C)(C)C)on4)ccc32)c(C)c1NC(=O)C1CCNCC1. The molecule has 11 heteroatoms. The summed E-state index contributed by atoms with van der Waals surface area (Å²) in [5.41, 5.74) is 5.27. The number of benzene rings is 1. The average Bonchev–Trinajstić information content (AvgIpc) is 3.57. The molecule has 40 heavy (non-hydrogen) atoms. The van der Waals surface area contributed by atoms with Crippen molar-refractivity contribution in [3.63, 3.8) is 0 Å². The number of aromatic nitrogens is 2. The number of carbonyl (C=O) groups excluding carboxylic acids is 3. The highest BCUT2D eigenvalue weighted by Crippen LogP contribution is 2.36. The van der Waals surface area contributed by atoms with E-state index in [1.165, 1.54) is 0 Å². The predicted molar refractivity (Wildman–Crippen MR) is 155 cm³/mol. The monoisotopic (exact) mass is 545 g/mol. The highest BCUT2D eigenvalue weighted by atomic mass is 16.5. The van der Waals surface area contributed by atoms with Gasteiger partial charge in [0.05, 0.1) is 16.9 Å². The maximum Gasteiger partial charge on any atom is 0.324 e. The van der Waals surface area contributed by atoms with E-state index in [2.05, 4.69) is 36.7 Å². The summed E-state index contributed by atoms with van der Waals surface area (Å²) < 4.78 is 5.31. The average molecular weight is 546 g/mol. The Kier molecular flexibility index (Phi) is 7.24. The van der Waals surface area contributed by atoms with Crippen molar-refractivity contribution in [2.45, 2.75) is 52.9 Å². The lowest BCUT2D eigenvalue weighted by Gasteiger charge is -2.22. The zero-order valence-corrected chi connectivity index (χ0v) is 23.4. The summed E-state index contributed by atoms with van der Waals surface area (Å²) in [6, 6.07) is 6.43. The van der Waals surface area contributed by atoms with Gasteiger partial charge in [-0.15, -0.1) is 0 Å². The van der Waals surface area contributed by atoms with Gasteiger partial charge in [0.1, 0.15) is 5.76 Å². The molecule has 1 fully saturated rings. The fourth-order valence-electron chi connectivity index (χ4n) is 4.94. The van der Waals surface area contributed by atoms with Gasteiger partial charge < -0.3 is 30.8 Å². The number of hydrogen-bond donors (Lipinski definition) is 6. The van der Waals surface area contributed by atoms with E-state index in [1.807, 2.05) is 34.6 Å². The minimum Gasteiger partial charge on any atom is -0.359 e. The van der Waals surface area contributed by atoms with Crippen molar-refractivity contribution >= 4 is 52.4 Å². The molecule has 4 heterocycles. The molecule has 1 aromatic carbocycles. The Morgan fingerprint density at radius 1 is 1.07 bits per heavy atom. The molecule has 6 N–H and O–H groups in total. The number of H-pyrrole nitrogens is 1. The molecule has 2 aromatic heterocycles. The Labute approximate surface area is 232 Å². The summed E-state index contributed by atoms with van der Waals surface area (Å²) >= 11 is 0. The molecule has 0 spiro atoms. The molecule has 0 radical (unpaired) electrons. The number of nitrogens with one attached hydrogen (secondary N) is 6. The largest absolute Gasteiger partial charge is 0.359 e. The molecule has 0 unspecified atom stereocenters. The molecule has 2 aliphatic heterocycles. The third kappa shape index (κ3) is 5.64. The van der Waals surface area contributed by atoms with Crippen LogP contribution in [-0.2, 0) is 15.0 Å². The Morgan fingerprint density at radius 2 is 1.82 bits per heavy atom. The van der Waals surface area contributed by atoms with Crippen molar-refractivity contribution in [2.24, 2.45) is 5.92 Å². The van der Waals surface area contributed by atoms with E-state index in [1.54, 1.807) is 30.3 Å². The van der Waals surface area contributed by atoms with Gasteiger partial charge in [-0.1, -0.05) is 32.0 Å². The molecule has 11 nitrogen and oxygen atoms in total. The van der Waals surface area contributed by atoms with Crippen LogP contribution in [-0.4, -0.2) is 41.1 Å². The van der Waals surface area contributed by atoms with Gasteiger partial charge in [-0.2, -0.15) is 0 Å². The summed E-state index contributed by atoms with van der Waals surface area (Å²) in [7, 11) is 0. The molecule has 2 aliphatic rings. The second-order valence-corrected chi connectivity index (χ2v) is 11.4. The van der Waals surface area contributed by atoms with Crippen molar-refractivity contribution in [1.82, 2.24) is 15.5 Å². The lowest BCUT2D eigenvalue weighted by molar-refractivity contribution is -0.120. The van der Waals surface area contributed by atoms with E-state index in [9.17, 15) is 14.4 Å². The second-order valence-electron chi connectivity index (χ2n) is 11.4. The van der Waals surface area contributed by atoms with Gasteiger partial charge in [0.15, 0.2) is 5.82 Å². The number of aromatic amines is 1. The zero-order chi connectivity index (χ0) is 28.6. The topological polar surface area (TPSA) is 153 Å². The molecule has 0 atom stereocenters. The lowest BCUT2D eigenvalue weighted by atomic mass is 9.93. The normalized spacial score (nSPS) is 16.5. The number of piperidine rings is 1. The number of urea groups is 1. The first-order valence-corrected chi connectivity index (χ1v) is 13.4. The summed E-state index contributed by atoms with van der Waals surface area (Å²) in [6.45, 7) is 11.5. The standard InChI is InChI=1S/C29H35N7O4/c1-15-21(31-16(2)25(15)35-26(37)17-8-10-30-11-9-17)13-20-19-7-6-18(12-22(19)33-27(20)38)32-28(39)34-24-14-23(40-36-24)29(3,4)5/h6-7,12-14,17,30-31H,8-11H2,1-5H3,(H,33,38)(H,35,37)(H2,32,34,36,39).